The van der Waals surface area contributed by atoms with Crippen LogP contribution in [0.1, 0.15) is 30.1 Å². The number of halogens is 1. The molecule has 7 nitrogen and oxygen atoms in total. The van der Waals surface area contributed by atoms with Crippen LogP contribution in [-0.2, 0) is 14.8 Å². The molecule has 0 unspecified atom stereocenters. The molecule has 3 heterocycles. The van der Waals surface area contributed by atoms with E-state index in [-0.39, 0.29) is 22.6 Å². The van der Waals surface area contributed by atoms with Gasteiger partial charge in [0.05, 0.1) is 10.0 Å². The standard InChI is InChI=1S/C22H20ClN3O4S2/c1-2-25-16-9-8-15(13-5-3-6-14(20(13)16)22(25)28)24-21(27)17-7-4-12-26(17)32(29,30)19-11-10-18(23)31-19/h3,5-6,8-11,17H,2,4,7,12H2,1H3,(H,24,27)/t17-/m0/s1. The number of anilines is 2. The molecule has 32 heavy (non-hydrogen) atoms. The number of nitrogens with zero attached hydrogens (tertiary/aromatic N) is 2. The molecule has 1 aromatic heterocycles. The lowest BCUT2D eigenvalue weighted by Gasteiger charge is -2.23. The van der Waals surface area contributed by atoms with Crippen molar-refractivity contribution in [2.24, 2.45) is 0 Å². The SMILES string of the molecule is CCN1C(=O)c2cccc3c(NC(=O)[C@@H]4CCCN4S(=O)(=O)c4ccc(Cl)s4)ccc1c23. The van der Waals surface area contributed by atoms with Gasteiger partial charge in [-0.25, -0.2) is 8.42 Å². The van der Waals surface area contributed by atoms with Crippen LogP contribution in [0.15, 0.2) is 46.7 Å². The molecule has 1 atom stereocenters. The largest absolute Gasteiger partial charge is 0.324 e. The van der Waals surface area contributed by atoms with Gasteiger partial charge in [0.15, 0.2) is 0 Å². The zero-order valence-electron chi connectivity index (χ0n) is 17.2. The van der Waals surface area contributed by atoms with E-state index in [1.807, 2.05) is 19.1 Å². The zero-order chi connectivity index (χ0) is 22.6. The molecule has 5 rings (SSSR count). The van der Waals surface area contributed by atoms with E-state index in [1.54, 1.807) is 23.1 Å². The van der Waals surface area contributed by atoms with E-state index in [0.717, 1.165) is 27.8 Å². The lowest BCUT2D eigenvalue weighted by molar-refractivity contribution is -0.119. The summed E-state index contributed by atoms with van der Waals surface area (Å²) in [6.45, 7) is 2.75. The van der Waals surface area contributed by atoms with Crippen molar-refractivity contribution in [1.82, 2.24) is 4.31 Å². The van der Waals surface area contributed by atoms with Crippen LogP contribution >= 0.6 is 22.9 Å². The summed E-state index contributed by atoms with van der Waals surface area (Å²) in [6, 6.07) is 11.2. The van der Waals surface area contributed by atoms with Crippen molar-refractivity contribution in [3.05, 3.63) is 52.4 Å². The van der Waals surface area contributed by atoms with E-state index in [2.05, 4.69) is 5.32 Å². The maximum Gasteiger partial charge on any atom is 0.258 e. The first-order chi connectivity index (χ1) is 15.3. The minimum atomic E-state index is -3.81. The number of carbonyl (C=O) groups excluding carboxylic acids is 2. The van der Waals surface area contributed by atoms with Gasteiger partial charge in [-0.05, 0) is 50.1 Å². The summed E-state index contributed by atoms with van der Waals surface area (Å²) in [5.41, 5.74) is 1.99. The molecular formula is C22H20ClN3O4S2. The van der Waals surface area contributed by atoms with Crippen LogP contribution in [-0.4, -0.2) is 43.7 Å². The summed E-state index contributed by atoms with van der Waals surface area (Å²) in [4.78, 5) is 27.6. The fraction of sp³-hybridized carbons (Fsp3) is 0.273. The van der Waals surface area contributed by atoms with Gasteiger partial charge in [-0.1, -0.05) is 23.7 Å². The van der Waals surface area contributed by atoms with Crippen molar-refractivity contribution in [3.63, 3.8) is 0 Å². The van der Waals surface area contributed by atoms with Crippen molar-refractivity contribution in [3.8, 4) is 0 Å². The van der Waals surface area contributed by atoms with Gasteiger partial charge in [0.2, 0.25) is 5.91 Å². The fourth-order valence-corrected chi connectivity index (χ4v) is 7.80. The predicted molar refractivity (Wildman–Crippen MR) is 126 cm³/mol. The minimum absolute atomic E-state index is 0.0563. The summed E-state index contributed by atoms with van der Waals surface area (Å²) < 4.78 is 27.9. The van der Waals surface area contributed by atoms with Gasteiger partial charge in [0, 0.05) is 35.1 Å². The summed E-state index contributed by atoms with van der Waals surface area (Å²) in [5, 5.41) is 4.48. The number of sulfonamides is 1. The summed E-state index contributed by atoms with van der Waals surface area (Å²) in [5.74, 6) is -0.439. The Balaban J connectivity index is 1.47. The van der Waals surface area contributed by atoms with E-state index < -0.39 is 16.1 Å². The van der Waals surface area contributed by atoms with Crippen molar-refractivity contribution in [2.75, 3.05) is 23.3 Å². The summed E-state index contributed by atoms with van der Waals surface area (Å²) in [6.07, 6.45) is 1.04. The predicted octanol–water partition coefficient (Wildman–Crippen LogP) is 4.33. The van der Waals surface area contributed by atoms with Crippen LogP contribution < -0.4 is 10.2 Å². The number of hydrogen-bond acceptors (Lipinski definition) is 5. The first kappa shape index (κ1) is 21.4. The Labute approximate surface area is 194 Å². The highest BCUT2D eigenvalue weighted by molar-refractivity contribution is 7.91. The second-order valence-corrected chi connectivity index (χ2v) is 11.6. The number of rotatable bonds is 5. The molecule has 1 N–H and O–H groups in total. The Morgan fingerprint density at radius 2 is 2.03 bits per heavy atom. The Morgan fingerprint density at radius 1 is 1.22 bits per heavy atom. The van der Waals surface area contributed by atoms with Gasteiger partial charge in [-0.15, -0.1) is 11.3 Å². The quantitative estimate of drug-likeness (QED) is 0.578. The highest BCUT2D eigenvalue weighted by atomic mass is 35.5. The topological polar surface area (TPSA) is 86.8 Å². The highest BCUT2D eigenvalue weighted by Gasteiger charge is 2.40. The van der Waals surface area contributed by atoms with Gasteiger partial charge < -0.3 is 10.2 Å². The zero-order valence-corrected chi connectivity index (χ0v) is 19.6. The van der Waals surface area contributed by atoms with Gasteiger partial charge in [-0.2, -0.15) is 4.31 Å². The smallest absolute Gasteiger partial charge is 0.258 e. The number of amides is 2. The van der Waals surface area contributed by atoms with Crippen LogP contribution in [0.2, 0.25) is 4.34 Å². The van der Waals surface area contributed by atoms with Gasteiger partial charge >= 0.3 is 0 Å². The Kier molecular flexibility index (Phi) is 5.24. The molecule has 2 aliphatic rings. The summed E-state index contributed by atoms with van der Waals surface area (Å²) >= 11 is 6.91. The van der Waals surface area contributed by atoms with Crippen LogP contribution in [0.3, 0.4) is 0 Å². The van der Waals surface area contributed by atoms with Crippen molar-refractivity contribution >= 4 is 66.9 Å². The average molecular weight is 490 g/mol. The Bertz CT molecular complexity index is 1370. The highest BCUT2D eigenvalue weighted by Crippen LogP contribution is 2.41. The van der Waals surface area contributed by atoms with E-state index in [9.17, 15) is 18.0 Å². The van der Waals surface area contributed by atoms with Crippen molar-refractivity contribution in [2.45, 2.75) is 30.0 Å². The summed E-state index contributed by atoms with van der Waals surface area (Å²) in [7, 11) is -3.81. The Hall–Kier alpha value is -2.46. The third kappa shape index (κ3) is 3.23. The normalized spacial score (nSPS) is 18.6. The third-order valence-corrected chi connectivity index (χ3v) is 9.58. The lowest BCUT2D eigenvalue weighted by Crippen LogP contribution is -2.42. The van der Waals surface area contributed by atoms with Crippen molar-refractivity contribution in [1.29, 1.82) is 0 Å². The minimum Gasteiger partial charge on any atom is -0.324 e. The molecular weight excluding hydrogens is 470 g/mol. The molecule has 3 aromatic rings. The van der Waals surface area contributed by atoms with Gasteiger partial charge in [0.1, 0.15) is 10.3 Å². The van der Waals surface area contributed by atoms with Crippen LogP contribution in [0.25, 0.3) is 10.8 Å². The van der Waals surface area contributed by atoms with Crippen LogP contribution in [0.4, 0.5) is 11.4 Å². The molecule has 0 saturated carbocycles. The monoisotopic (exact) mass is 489 g/mol. The maximum atomic E-state index is 13.2. The number of carbonyl (C=O) groups is 2. The van der Waals surface area contributed by atoms with E-state index >= 15 is 0 Å². The first-order valence-corrected chi connectivity index (χ1v) is 12.9. The van der Waals surface area contributed by atoms with E-state index in [1.165, 1.54) is 16.4 Å². The molecule has 10 heteroatoms. The van der Waals surface area contributed by atoms with Gasteiger partial charge in [0.25, 0.3) is 15.9 Å². The number of benzene rings is 2. The molecule has 1 saturated heterocycles. The van der Waals surface area contributed by atoms with Crippen LogP contribution in [0, 0.1) is 0 Å². The number of thiophene rings is 1. The lowest BCUT2D eigenvalue weighted by atomic mass is 10.0. The van der Waals surface area contributed by atoms with Crippen LogP contribution in [0.5, 0.6) is 0 Å². The van der Waals surface area contributed by atoms with Gasteiger partial charge in [-0.3, -0.25) is 9.59 Å². The third-order valence-electron chi connectivity index (χ3n) is 5.98. The molecule has 166 valence electrons. The average Bonchev–Trinajstić information content (AvgIpc) is 3.50. The molecule has 0 bridgehead atoms. The number of nitrogens with one attached hydrogen (secondary N) is 1. The maximum absolute atomic E-state index is 13.2. The molecule has 2 aromatic carbocycles. The number of hydrogen-bond donors (Lipinski definition) is 1. The first-order valence-electron chi connectivity index (χ1n) is 10.3. The molecule has 1 fully saturated rings. The van der Waals surface area contributed by atoms with E-state index in [4.69, 9.17) is 11.6 Å². The molecule has 0 aliphatic carbocycles. The molecule has 0 radical (unpaired) electrons. The molecule has 2 aliphatic heterocycles. The molecule has 0 spiro atoms. The second-order valence-electron chi connectivity index (χ2n) is 7.73. The fourth-order valence-electron chi connectivity index (χ4n) is 4.53. The molecule has 2 amide bonds. The van der Waals surface area contributed by atoms with E-state index in [0.29, 0.717) is 35.0 Å². The van der Waals surface area contributed by atoms with Crippen molar-refractivity contribution < 1.29 is 18.0 Å². The second kappa shape index (κ2) is 7.84. The Morgan fingerprint density at radius 3 is 2.75 bits per heavy atom.